The molecule has 0 fully saturated rings. The molecule has 3 nitrogen and oxygen atoms in total. The topological polar surface area (TPSA) is 51.2 Å². The van der Waals surface area contributed by atoms with Gasteiger partial charge in [-0.3, -0.25) is 4.79 Å². The summed E-state index contributed by atoms with van der Waals surface area (Å²) in [6.07, 6.45) is 1.19. The van der Waals surface area contributed by atoms with E-state index in [9.17, 15) is 13.2 Å². The third kappa shape index (κ3) is 4.21. The Morgan fingerprint density at radius 2 is 2.14 bits per heavy atom. The molecule has 0 aliphatic carbocycles. The van der Waals surface area contributed by atoms with Gasteiger partial charge in [0.25, 0.3) is 0 Å². The van der Waals surface area contributed by atoms with Gasteiger partial charge >= 0.3 is 0 Å². The van der Waals surface area contributed by atoms with E-state index in [2.05, 4.69) is 0 Å². The molecule has 0 aromatic carbocycles. The summed E-state index contributed by atoms with van der Waals surface area (Å²) in [6.45, 7) is 0. The van der Waals surface area contributed by atoms with Crippen LogP contribution in [0.5, 0.6) is 0 Å². The minimum absolute atomic E-state index is 0.143. The lowest BCUT2D eigenvalue weighted by Gasteiger charge is -1.96. The third-order valence-electron chi connectivity index (χ3n) is 1.42. The molecule has 14 heavy (non-hydrogen) atoms. The number of Topliss-reactive ketones (excluding diaryl/α,β-unsaturated/α-hetero) is 1. The molecular formula is C8H9ClO3S2. The Morgan fingerprint density at radius 1 is 1.50 bits per heavy atom. The van der Waals surface area contributed by atoms with Crippen molar-refractivity contribution in [2.24, 2.45) is 0 Å². The Kier molecular flexibility index (Phi) is 3.69. The molecule has 1 aromatic rings. The molecular weight excluding hydrogens is 244 g/mol. The molecule has 0 aliphatic heterocycles. The summed E-state index contributed by atoms with van der Waals surface area (Å²) >= 11 is 6.96. The smallest absolute Gasteiger partial charge is 0.154 e. The number of halogens is 1. The van der Waals surface area contributed by atoms with Gasteiger partial charge in [0.1, 0.15) is 5.75 Å². The number of thiophene rings is 1. The lowest BCUT2D eigenvalue weighted by atomic mass is 10.3. The molecule has 6 heteroatoms. The molecule has 0 N–H and O–H groups in total. The quantitative estimate of drug-likeness (QED) is 0.817. The van der Waals surface area contributed by atoms with Gasteiger partial charge in [-0.05, 0) is 12.1 Å². The van der Waals surface area contributed by atoms with E-state index in [-0.39, 0.29) is 12.2 Å². The molecule has 1 heterocycles. The molecule has 1 rings (SSSR count). The van der Waals surface area contributed by atoms with Crippen molar-refractivity contribution in [1.82, 2.24) is 0 Å². The van der Waals surface area contributed by atoms with E-state index < -0.39 is 15.6 Å². The predicted molar refractivity (Wildman–Crippen MR) is 57.8 cm³/mol. The van der Waals surface area contributed by atoms with Gasteiger partial charge in [-0.15, -0.1) is 11.3 Å². The first-order valence-electron chi connectivity index (χ1n) is 3.80. The fraction of sp³-hybridized carbons (Fsp3) is 0.375. The second-order valence-corrected chi connectivity index (χ2v) is 6.93. The third-order valence-corrected chi connectivity index (χ3v) is 3.50. The summed E-state index contributed by atoms with van der Waals surface area (Å²) in [5.74, 6) is -0.700. The zero-order valence-corrected chi connectivity index (χ0v) is 9.88. The number of sulfone groups is 1. The lowest BCUT2D eigenvalue weighted by Crippen LogP contribution is -2.15. The molecule has 0 unspecified atom stereocenters. The van der Waals surface area contributed by atoms with E-state index in [1.165, 1.54) is 11.3 Å². The predicted octanol–water partition coefficient (Wildman–Crippen LogP) is 1.56. The number of ketones is 1. The summed E-state index contributed by atoms with van der Waals surface area (Å²) in [6, 6.07) is 3.42. The van der Waals surface area contributed by atoms with Crippen molar-refractivity contribution in [1.29, 1.82) is 0 Å². The van der Waals surface area contributed by atoms with E-state index in [1.54, 1.807) is 12.1 Å². The van der Waals surface area contributed by atoms with Gasteiger partial charge in [-0.1, -0.05) is 11.6 Å². The fourth-order valence-electron chi connectivity index (χ4n) is 0.985. The van der Waals surface area contributed by atoms with Gasteiger partial charge < -0.3 is 0 Å². The molecule has 78 valence electrons. The maximum Gasteiger partial charge on any atom is 0.154 e. The molecule has 0 atom stereocenters. The average Bonchev–Trinajstić information content (AvgIpc) is 2.30. The number of rotatable bonds is 4. The van der Waals surface area contributed by atoms with Crippen LogP contribution < -0.4 is 0 Å². The molecule has 1 aromatic heterocycles. The Hall–Kier alpha value is -0.390. The van der Waals surface area contributed by atoms with Gasteiger partial charge in [0.05, 0.1) is 4.34 Å². The largest absolute Gasteiger partial charge is 0.298 e. The Morgan fingerprint density at radius 3 is 2.57 bits per heavy atom. The molecule has 0 saturated heterocycles. The van der Waals surface area contributed by atoms with Gasteiger partial charge in [0, 0.05) is 17.6 Å². The molecule has 0 radical (unpaired) electrons. The Balaban J connectivity index is 2.58. The lowest BCUT2D eigenvalue weighted by molar-refractivity contribution is -0.116. The van der Waals surface area contributed by atoms with Crippen LogP contribution in [0.15, 0.2) is 12.1 Å². The van der Waals surface area contributed by atoms with Crippen LogP contribution in [0.2, 0.25) is 4.34 Å². The highest BCUT2D eigenvalue weighted by molar-refractivity contribution is 7.91. The van der Waals surface area contributed by atoms with Gasteiger partial charge in [-0.25, -0.2) is 8.42 Å². The Bertz CT molecular complexity index is 433. The highest BCUT2D eigenvalue weighted by Crippen LogP contribution is 2.21. The first-order chi connectivity index (χ1) is 6.37. The van der Waals surface area contributed by atoms with Crippen LogP contribution in [-0.2, 0) is 21.1 Å². The van der Waals surface area contributed by atoms with E-state index in [0.717, 1.165) is 11.1 Å². The van der Waals surface area contributed by atoms with Crippen LogP contribution in [0.1, 0.15) is 4.88 Å². The standard InChI is InChI=1S/C8H9ClO3S2/c1-14(11,12)5-6(10)4-7-2-3-8(9)13-7/h2-3H,4-5H2,1H3. The first-order valence-corrected chi connectivity index (χ1v) is 7.06. The van der Waals surface area contributed by atoms with E-state index in [4.69, 9.17) is 11.6 Å². The average molecular weight is 253 g/mol. The van der Waals surface area contributed by atoms with Gasteiger partial charge in [0.2, 0.25) is 0 Å². The normalized spacial score (nSPS) is 11.6. The van der Waals surface area contributed by atoms with Crippen LogP contribution in [0.4, 0.5) is 0 Å². The second kappa shape index (κ2) is 4.42. The van der Waals surface area contributed by atoms with Crippen molar-refractivity contribution in [2.75, 3.05) is 12.0 Å². The fourth-order valence-corrected chi connectivity index (χ4v) is 2.79. The Labute approximate surface area is 91.6 Å². The zero-order chi connectivity index (χ0) is 10.8. The highest BCUT2D eigenvalue weighted by Gasteiger charge is 2.12. The van der Waals surface area contributed by atoms with Crippen LogP contribution in [0, 0.1) is 0 Å². The molecule has 0 spiro atoms. The molecule has 0 aliphatic rings. The zero-order valence-electron chi connectivity index (χ0n) is 7.49. The summed E-state index contributed by atoms with van der Waals surface area (Å²) < 4.78 is 22.2. The van der Waals surface area contributed by atoms with E-state index >= 15 is 0 Å². The van der Waals surface area contributed by atoms with Crippen LogP contribution >= 0.6 is 22.9 Å². The number of hydrogen-bond donors (Lipinski definition) is 0. The monoisotopic (exact) mass is 252 g/mol. The molecule has 0 amide bonds. The van der Waals surface area contributed by atoms with Crippen molar-refractivity contribution in [3.05, 3.63) is 21.3 Å². The summed E-state index contributed by atoms with van der Waals surface area (Å²) in [5.41, 5.74) is 0. The van der Waals surface area contributed by atoms with Crippen molar-refractivity contribution in [3.8, 4) is 0 Å². The summed E-state index contributed by atoms with van der Waals surface area (Å²) in [7, 11) is -3.21. The van der Waals surface area contributed by atoms with Gasteiger partial charge in [0.15, 0.2) is 15.6 Å². The number of carbonyl (C=O) groups excluding carboxylic acids is 1. The minimum Gasteiger partial charge on any atom is -0.298 e. The molecule has 0 bridgehead atoms. The maximum absolute atomic E-state index is 11.2. The molecule has 0 saturated carbocycles. The van der Waals surface area contributed by atoms with Gasteiger partial charge in [-0.2, -0.15) is 0 Å². The minimum atomic E-state index is -3.21. The number of carbonyl (C=O) groups is 1. The van der Waals surface area contributed by atoms with E-state index in [0.29, 0.717) is 4.34 Å². The highest BCUT2D eigenvalue weighted by atomic mass is 35.5. The van der Waals surface area contributed by atoms with Crippen molar-refractivity contribution < 1.29 is 13.2 Å². The van der Waals surface area contributed by atoms with Crippen molar-refractivity contribution in [3.63, 3.8) is 0 Å². The first kappa shape index (κ1) is 11.7. The summed E-state index contributed by atoms with van der Waals surface area (Å²) in [5, 5.41) is 0. The summed E-state index contributed by atoms with van der Waals surface area (Å²) in [4.78, 5) is 12.0. The maximum atomic E-state index is 11.2. The van der Waals surface area contributed by atoms with Crippen LogP contribution in [-0.4, -0.2) is 26.2 Å². The SMILES string of the molecule is CS(=O)(=O)CC(=O)Cc1ccc(Cl)s1. The number of hydrogen-bond acceptors (Lipinski definition) is 4. The van der Waals surface area contributed by atoms with Crippen molar-refractivity contribution >= 4 is 38.6 Å². The van der Waals surface area contributed by atoms with Crippen molar-refractivity contribution in [2.45, 2.75) is 6.42 Å². The van der Waals surface area contributed by atoms with Crippen LogP contribution in [0.3, 0.4) is 0 Å². The van der Waals surface area contributed by atoms with E-state index in [1.807, 2.05) is 0 Å². The van der Waals surface area contributed by atoms with Crippen LogP contribution in [0.25, 0.3) is 0 Å². The second-order valence-electron chi connectivity index (χ2n) is 2.99.